The number of nitrogens with zero attached hydrogens (tertiary/aromatic N) is 4. The van der Waals surface area contributed by atoms with Gasteiger partial charge in [-0.3, -0.25) is 4.68 Å². The molecule has 31 heavy (non-hydrogen) atoms. The lowest BCUT2D eigenvalue weighted by atomic mass is 9.82. The third-order valence-corrected chi connectivity index (χ3v) is 9.32. The second-order valence-corrected chi connectivity index (χ2v) is 10.8. The molecule has 0 amide bonds. The fraction of sp³-hybridized carbons (Fsp3) is 0.435. The summed E-state index contributed by atoms with van der Waals surface area (Å²) in [5, 5.41) is 8.12. The van der Waals surface area contributed by atoms with Crippen molar-refractivity contribution < 1.29 is 8.42 Å². The summed E-state index contributed by atoms with van der Waals surface area (Å²) in [5.41, 5.74) is 7.01. The number of hydrogen-bond acceptors (Lipinski definition) is 4. The zero-order valence-corrected chi connectivity index (χ0v) is 19.5. The lowest BCUT2D eigenvalue weighted by Gasteiger charge is -2.46. The van der Waals surface area contributed by atoms with E-state index < -0.39 is 10.0 Å². The molecule has 1 spiro atoms. The summed E-state index contributed by atoms with van der Waals surface area (Å²) in [6.07, 6.45) is 3.54. The van der Waals surface area contributed by atoms with Crippen LogP contribution < -0.4 is 5.32 Å². The van der Waals surface area contributed by atoms with E-state index in [4.69, 9.17) is 0 Å². The van der Waals surface area contributed by atoms with Crippen LogP contribution in [0.15, 0.2) is 35.4 Å². The van der Waals surface area contributed by atoms with Crippen LogP contribution in [-0.4, -0.2) is 40.2 Å². The summed E-state index contributed by atoms with van der Waals surface area (Å²) in [6.45, 7) is 8.81. The third kappa shape index (κ3) is 2.81. The molecule has 7 nitrogen and oxygen atoms in total. The van der Waals surface area contributed by atoms with Crippen LogP contribution in [0.25, 0.3) is 5.69 Å². The Morgan fingerprint density at radius 2 is 1.77 bits per heavy atom. The minimum atomic E-state index is -3.58. The fourth-order valence-corrected chi connectivity index (χ4v) is 7.09. The number of benzene rings is 1. The Kier molecular flexibility index (Phi) is 4.40. The van der Waals surface area contributed by atoms with Gasteiger partial charge in [-0.15, -0.1) is 0 Å². The number of rotatable bonds is 2. The Morgan fingerprint density at radius 3 is 2.42 bits per heavy atom. The SMILES string of the molecule is Cc1ccc2c(c1C)-n1cccc1C1(CCN(S(=O)(=O)c3c(C)nn(C)c3C)CC1)N2. The average Bonchev–Trinajstić information content (AvgIpc) is 3.31. The summed E-state index contributed by atoms with van der Waals surface area (Å²) >= 11 is 0. The van der Waals surface area contributed by atoms with Gasteiger partial charge in [0.2, 0.25) is 10.0 Å². The highest BCUT2D eigenvalue weighted by atomic mass is 32.2. The quantitative estimate of drug-likeness (QED) is 0.663. The molecule has 1 N–H and O–H groups in total. The predicted molar refractivity (Wildman–Crippen MR) is 121 cm³/mol. The molecule has 0 aliphatic carbocycles. The van der Waals surface area contributed by atoms with E-state index in [1.807, 2.05) is 6.92 Å². The van der Waals surface area contributed by atoms with E-state index in [0.717, 1.165) is 5.69 Å². The highest BCUT2D eigenvalue weighted by molar-refractivity contribution is 7.89. The molecule has 0 bridgehead atoms. The third-order valence-electron chi connectivity index (χ3n) is 7.17. The zero-order chi connectivity index (χ0) is 22.1. The molecule has 8 heteroatoms. The molecular formula is C23H29N5O2S. The Morgan fingerprint density at radius 1 is 1.06 bits per heavy atom. The smallest absolute Gasteiger partial charge is 0.246 e. The van der Waals surface area contributed by atoms with Crippen LogP contribution in [0.5, 0.6) is 0 Å². The molecular weight excluding hydrogens is 410 g/mol. The Hall–Kier alpha value is -2.58. The van der Waals surface area contributed by atoms with E-state index in [1.54, 1.807) is 23.0 Å². The van der Waals surface area contributed by atoms with Crippen LogP contribution in [0.4, 0.5) is 5.69 Å². The van der Waals surface area contributed by atoms with Crippen molar-refractivity contribution in [3.05, 3.63) is 58.7 Å². The molecule has 0 unspecified atom stereocenters. The molecule has 2 aliphatic rings. The molecule has 2 aliphatic heterocycles. The van der Waals surface area contributed by atoms with Crippen molar-refractivity contribution in [2.45, 2.75) is 51.0 Å². The maximum absolute atomic E-state index is 13.4. The minimum Gasteiger partial charge on any atom is -0.372 e. The topological polar surface area (TPSA) is 72.2 Å². The van der Waals surface area contributed by atoms with Gasteiger partial charge < -0.3 is 9.88 Å². The number of piperidine rings is 1. The van der Waals surface area contributed by atoms with E-state index >= 15 is 0 Å². The first-order chi connectivity index (χ1) is 14.7. The summed E-state index contributed by atoms with van der Waals surface area (Å²) in [4.78, 5) is 0.349. The van der Waals surface area contributed by atoms with Gasteiger partial charge in [0.1, 0.15) is 4.90 Å². The summed E-state index contributed by atoms with van der Waals surface area (Å²) < 4.78 is 32.4. The number of hydrogen-bond donors (Lipinski definition) is 1. The molecule has 1 fully saturated rings. The minimum absolute atomic E-state index is 0.275. The van der Waals surface area contributed by atoms with E-state index in [2.05, 4.69) is 59.3 Å². The van der Waals surface area contributed by atoms with Gasteiger partial charge in [-0.1, -0.05) is 6.07 Å². The van der Waals surface area contributed by atoms with Gasteiger partial charge in [0.05, 0.1) is 28.3 Å². The molecule has 5 rings (SSSR count). The van der Waals surface area contributed by atoms with Crippen LogP contribution in [0.2, 0.25) is 0 Å². The number of aromatic nitrogens is 3. The highest BCUT2D eigenvalue weighted by Gasteiger charge is 2.44. The lowest BCUT2D eigenvalue weighted by Crippen LogP contribution is -2.51. The molecule has 1 saturated heterocycles. The number of fused-ring (bicyclic) bond motifs is 4. The predicted octanol–water partition coefficient (Wildman–Crippen LogP) is 3.55. The van der Waals surface area contributed by atoms with Crippen LogP contribution in [0.1, 0.15) is 41.1 Å². The number of nitrogens with one attached hydrogen (secondary N) is 1. The zero-order valence-electron chi connectivity index (χ0n) is 18.7. The monoisotopic (exact) mass is 439 g/mol. The molecule has 0 radical (unpaired) electrons. The summed E-state index contributed by atoms with van der Waals surface area (Å²) in [5.74, 6) is 0. The highest BCUT2D eigenvalue weighted by Crippen LogP contribution is 2.45. The second kappa shape index (κ2) is 6.71. The molecule has 4 heterocycles. The largest absolute Gasteiger partial charge is 0.372 e. The summed E-state index contributed by atoms with van der Waals surface area (Å²) in [7, 11) is -1.79. The average molecular weight is 440 g/mol. The normalized spacial score (nSPS) is 18.0. The van der Waals surface area contributed by atoms with Gasteiger partial charge >= 0.3 is 0 Å². The van der Waals surface area contributed by atoms with Crippen molar-refractivity contribution in [3.8, 4) is 5.69 Å². The molecule has 1 aromatic carbocycles. The summed E-state index contributed by atoms with van der Waals surface area (Å²) in [6, 6.07) is 8.54. The van der Waals surface area contributed by atoms with Crippen molar-refractivity contribution in [3.63, 3.8) is 0 Å². The van der Waals surface area contributed by atoms with E-state index in [0.29, 0.717) is 42.2 Å². The van der Waals surface area contributed by atoms with E-state index in [9.17, 15) is 8.42 Å². The number of anilines is 1. The standard InChI is InChI=1S/C23H29N5O2S/c1-15-8-9-19-21(16(15)2)28-12-6-7-20(28)23(24-19)10-13-27(14-11-23)31(29,30)22-17(3)25-26(5)18(22)4/h6-9,12,24H,10-11,13-14H2,1-5H3. The van der Waals surface area contributed by atoms with Gasteiger partial charge in [0.25, 0.3) is 0 Å². The van der Waals surface area contributed by atoms with Crippen molar-refractivity contribution in [2.24, 2.45) is 7.05 Å². The molecule has 3 aromatic rings. The van der Waals surface area contributed by atoms with Crippen LogP contribution >= 0.6 is 0 Å². The van der Waals surface area contributed by atoms with Gasteiger partial charge in [0.15, 0.2) is 0 Å². The lowest BCUT2D eigenvalue weighted by molar-refractivity contribution is 0.247. The van der Waals surface area contributed by atoms with E-state index in [-0.39, 0.29) is 5.54 Å². The van der Waals surface area contributed by atoms with Crippen LogP contribution in [0.3, 0.4) is 0 Å². The van der Waals surface area contributed by atoms with Crippen LogP contribution in [0, 0.1) is 27.7 Å². The molecule has 0 saturated carbocycles. The van der Waals surface area contributed by atoms with Gasteiger partial charge in [0, 0.05) is 32.0 Å². The first kappa shape index (κ1) is 20.3. The molecule has 0 atom stereocenters. The Bertz CT molecular complexity index is 1290. The van der Waals surface area contributed by atoms with E-state index in [1.165, 1.54) is 22.5 Å². The number of sulfonamides is 1. The van der Waals surface area contributed by atoms with Crippen LogP contribution in [-0.2, 0) is 22.6 Å². The molecule has 164 valence electrons. The first-order valence-corrected chi connectivity index (χ1v) is 12.2. The first-order valence-electron chi connectivity index (χ1n) is 10.7. The van der Waals surface area contributed by atoms with Crippen molar-refractivity contribution in [1.82, 2.24) is 18.7 Å². The fourth-order valence-electron chi connectivity index (χ4n) is 5.25. The van der Waals surface area contributed by atoms with Crippen molar-refractivity contribution in [2.75, 3.05) is 18.4 Å². The maximum Gasteiger partial charge on any atom is 0.246 e. The van der Waals surface area contributed by atoms with Gasteiger partial charge in [-0.2, -0.15) is 9.40 Å². The second-order valence-electron chi connectivity index (χ2n) is 8.90. The van der Waals surface area contributed by atoms with Crippen molar-refractivity contribution >= 4 is 15.7 Å². The maximum atomic E-state index is 13.4. The van der Waals surface area contributed by atoms with Crippen molar-refractivity contribution in [1.29, 1.82) is 0 Å². The Balaban J connectivity index is 1.49. The van der Waals surface area contributed by atoms with Gasteiger partial charge in [-0.05, 0) is 69.9 Å². The van der Waals surface area contributed by atoms with Gasteiger partial charge in [-0.25, -0.2) is 8.42 Å². The molecule has 2 aromatic heterocycles. The Labute approximate surface area is 183 Å². The number of aryl methyl sites for hydroxylation is 3.